The fraction of sp³-hybridized carbons (Fsp3) is 0.769. The normalized spacial score (nSPS) is 24.9. The quantitative estimate of drug-likeness (QED) is 0.856. The predicted octanol–water partition coefficient (Wildman–Crippen LogP) is 2.49. The molecular formula is C13H22N2O3S. The number of nitrogens with zero attached hydrogens (tertiary/aromatic N) is 2. The third-order valence-electron chi connectivity index (χ3n) is 4.03. The van der Waals surface area contributed by atoms with E-state index in [0.29, 0.717) is 17.4 Å². The molecule has 1 fully saturated rings. The highest BCUT2D eigenvalue weighted by molar-refractivity contribution is 7.89. The van der Waals surface area contributed by atoms with Crippen molar-refractivity contribution in [3.05, 3.63) is 11.5 Å². The average Bonchev–Trinajstić information content (AvgIpc) is 2.68. The molecule has 1 heterocycles. The van der Waals surface area contributed by atoms with Crippen molar-refractivity contribution in [1.29, 1.82) is 0 Å². The second-order valence-corrected chi connectivity index (χ2v) is 7.53. The molecule has 0 spiro atoms. The van der Waals surface area contributed by atoms with Gasteiger partial charge in [-0.3, -0.25) is 0 Å². The van der Waals surface area contributed by atoms with E-state index in [1.807, 2.05) is 0 Å². The van der Waals surface area contributed by atoms with Crippen molar-refractivity contribution in [2.75, 3.05) is 7.05 Å². The fourth-order valence-electron chi connectivity index (χ4n) is 2.92. The molecule has 1 aliphatic rings. The molecule has 0 aliphatic heterocycles. The summed E-state index contributed by atoms with van der Waals surface area (Å²) in [5, 5.41) is 3.74. The monoisotopic (exact) mass is 286 g/mol. The number of sulfonamides is 1. The number of rotatable bonds is 3. The molecule has 0 bridgehead atoms. The molecule has 6 heteroatoms. The van der Waals surface area contributed by atoms with Crippen LogP contribution in [0.5, 0.6) is 0 Å². The Morgan fingerprint density at radius 3 is 2.53 bits per heavy atom. The maximum Gasteiger partial charge on any atom is 0.248 e. The molecule has 0 unspecified atom stereocenters. The van der Waals surface area contributed by atoms with Crippen molar-refractivity contribution in [3.8, 4) is 0 Å². The van der Waals surface area contributed by atoms with Gasteiger partial charge in [-0.15, -0.1) is 0 Å². The molecular weight excluding hydrogens is 264 g/mol. The lowest BCUT2D eigenvalue weighted by Gasteiger charge is -2.33. The molecule has 19 heavy (non-hydrogen) atoms. The second kappa shape index (κ2) is 5.25. The molecule has 108 valence electrons. The maximum atomic E-state index is 12.7. The summed E-state index contributed by atoms with van der Waals surface area (Å²) in [4.78, 5) is 0.230. The molecule has 5 nitrogen and oxygen atoms in total. The van der Waals surface area contributed by atoms with E-state index in [2.05, 4.69) is 12.1 Å². The minimum atomic E-state index is -3.50. The van der Waals surface area contributed by atoms with Crippen LogP contribution in [0.2, 0.25) is 0 Å². The van der Waals surface area contributed by atoms with Crippen LogP contribution in [0.1, 0.15) is 44.1 Å². The second-order valence-electron chi connectivity index (χ2n) is 5.60. The Morgan fingerprint density at radius 2 is 2.00 bits per heavy atom. The van der Waals surface area contributed by atoms with Gasteiger partial charge in [-0.05, 0) is 32.6 Å². The van der Waals surface area contributed by atoms with E-state index < -0.39 is 10.0 Å². The van der Waals surface area contributed by atoms with Gasteiger partial charge in [0, 0.05) is 13.1 Å². The maximum absolute atomic E-state index is 12.7. The van der Waals surface area contributed by atoms with E-state index in [0.717, 1.165) is 19.3 Å². The zero-order chi connectivity index (χ0) is 14.2. The van der Waals surface area contributed by atoms with E-state index >= 15 is 0 Å². The molecule has 1 saturated carbocycles. The van der Waals surface area contributed by atoms with Crippen LogP contribution in [0.4, 0.5) is 0 Å². The SMILES string of the molecule is Cc1noc(C)c1S(=O)(=O)N(C)[C@H]1CCC[C@H](C)C1. The Hall–Kier alpha value is -0.880. The van der Waals surface area contributed by atoms with Crippen LogP contribution in [0.25, 0.3) is 0 Å². The lowest BCUT2D eigenvalue weighted by molar-refractivity contribution is 0.239. The zero-order valence-corrected chi connectivity index (χ0v) is 12.8. The van der Waals surface area contributed by atoms with Gasteiger partial charge in [-0.2, -0.15) is 4.31 Å². The van der Waals surface area contributed by atoms with Gasteiger partial charge in [-0.1, -0.05) is 24.9 Å². The highest BCUT2D eigenvalue weighted by atomic mass is 32.2. The van der Waals surface area contributed by atoms with Crippen LogP contribution in [0.15, 0.2) is 9.42 Å². The Labute approximate surface area is 115 Å². The predicted molar refractivity (Wildman–Crippen MR) is 72.3 cm³/mol. The van der Waals surface area contributed by atoms with Crippen molar-refractivity contribution in [2.45, 2.75) is 57.4 Å². The van der Waals surface area contributed by atoms with E-state index in [1.165, 1.54) is 10.7 Å². The van der Waals surface area contributed by atoms with Crippen LogP contribution in [0, 0.1) is 19.8 Å². The molecule has 1 aromatic rings. The van der Waals surface area contributed by atoms with Gasteiger partial charge in [0.05, 0.1) is 0 Å². The summed E-state index contributed by atoms with van der Waals surface area (Å²) in [7, 11) is -1.83. The molecule has 2 atom stereocenters. The van der Waals surface area contributed by atoms with Crippen LogP contribution in [-0.2, 0) is 10.0 Å². The van der Waals surface area contributed by atoms with Gasteiger partial charge in [0.1, 0.15) is 10.6 Å². The van der Waals surface area contributed by atoms with Gasteiger partial charge in [-0.25, -0.2) is 8.42 Å². The van der Waals surface area contributed by atoms with E-state index in [1.54, 1.807) is 20.9 Å². The van der Waals surface area contributed by atoms with Crippen molar-refractivity contribution in [2.24, 2.45) is 5.92 Å². The number of hydrogen-bond donors (Lipinski definition) is 0. The molecule has 0 saturated heterocycles. The summed E-state index contributed by atoms with van der Waals surface area (Å²) in [6, 6.07) is 0.0856. The summed E-state index contributed by atoms with van der Waals surface area (Å²) in [6.45, 7) is 5.49. The minimum absolute atomic E-state index is 0.0856. The average molecular weight is 286 g/mol. The van der Waals surface area contributed by atoms with Crippen LogP contribution in [0.3, 0.4) is 0 Å². The number of aromatic nitrogens is 1. The Balaban J connectivity index is 2.29. The van der Waals surface area contributed by atoms with Crippen molar-refractivity contribution >= 4 is 10.0 Å². The van der Waals surface area contributed by atoms with Crippen LogP contribution < -0.4 is 0 Å². The summed E-state index contributed by atoms with van der Waals surface area (Å²) < 4.78 is 31.8. The zero-order valence-electron chi connectivity index (χ0n) is 12.0. The highest BCUT2D eigenvalue weighted by Crippen LogP contribution is 2.31. The summed E-state index contributed by atoms with van der Waals surface area (Å²) in [6.07, 6.45) is 4.14. The van der Waals surface area contributed by atoms with Crippen LogP contribution in [-0.4, -0.2) is 31.0 Å². The number of hydrogen-bond acceptors (Lipinski definition) is 4. The molecule has 0 radical (unpaired) electrons. The third kappa shape index (κ3) is 2.69. The smallest absolute Gasteiger partial charge is 0.248 e. The summed E-state index contributed by atoms with van der Waals surface area (Å²) >= 11 is 0. The van der Waals surface area contributed by atoms with E-state index in [-0.39, 0.29) is 10.9 Å². The van der Waals surface area contributed by atoms with Gasteiger partial charge in [0.25, 0.3) is 0 Å². The number of aryl methyl sites for hydroxylation is 2. The molecule has 0 N–H and O–H groups in total. The molecule has 2 rings (SSSR count). The molecule has 1 aliphatic carbocycles. The molecule has 0 aromatic carbocycles. The third-order valence-corrected chi connectivity index (χ3v) is 6.18. The first-order valence-electron chi connectivity index (χ1n) is 6.75. The van der Waals surface area contributed by atoms with Gasteiger partial charge < -0.3 is 4.52 Å². The van der Waals surface area contributed by atoms with Gasteiger partial charge in [0.2, 0.25) is 10.0 Å². The van der Waals surface area contributed by atoms with Crippen molar-refractivity contribution in [1.82, 2.24) is 9.46 Å². The van der Waals surface area contributed by atoms with Crippen molar-refractivity contribution < 1.29 is 12.9 Å². The van der Waals surface area contributed by atoms with Crippen molar-refractivity contribution in [3.63, 3.8) is 0 Å². The van der Waals surface area contributed by atoms with Crippen LogP contribution >= 0.6 is 0 Å². The Morgan fingerprint density at radius 1 is 1.32 bits per heavy atom. The lowest BCUT2D eigenvalue weighted by Crippen LogP contribution is -2.40. The van der Waals surface area contributed by atoms with Gasteiger partial charge in [0.15, 0.2) is 5.76 Å². The minimum Gasteiger partial charge on any atom is -0.360 e. The largest absolute Gasteiger partial charge is 0.360 e. The van der Waals surface area contributed by atoms with Gasteiger partial charge >= 0.3 is 0 Å². The first kappa shape index (κ1) is 14.5. The van der Waals surface area contributed by atoms with E-state index in [9.17, 15) is 8.42 Å². The first-order chi connectivity index (χ1) is 8.84. The molecule has 0 amide bonds. The fourth-order valence-corrected chi connectivity index (χ4v) is 4.60. The Bertz CT molecular complexity index is 531. The van der Waals surface area contributed by atoms with E-state index in [4.69, 9.17) is 4.52 Å². The topological polar surface area (TPSA) is 63.4 Å². The summed E-state index contributed by atoms with van der Waals surface area (Å²) in [5.41, 5.74) is 0.438. The first-order valence-corrected chi connectivity index (χ1v) is 8.19. The standard InChI is InChI=1S/C13H22N2O3S/c1-9-6-5-7-12(8-9)15(4)19(16,17)13-10(2)14-18-11(13)3/h9,12H,5-8H2,1-4H3/t9-,12-/m0/s1. The molecule has 1 aromatic heterocycles. The summed E-state index contributed by atoms with van der Waals surface area (Å²) in [5.74, 6) is 0.953. The lowest BCUT2D eigenvalue weighted by atomic mass is 9.87. The highest BCUT2D eigenvalue weighted by Gasteiger charge is 2.34. The Kier molecular flexibility index (Phi) is 4.01.